The lowest BCUT2D eigenvalue weighted by atomic mass is 10.1. The Morgan fingerprint density at radius 2 is 2.15 bits per heavy atom. The van der Waals surface area contributed by atoms with E-state index in [2.05, 4.69) is 0 Å². The van der Waals surface area contributed by atoms with Gasteiger partial charge < -0.3 is 10.7 Å². The number of nitrogens with two attached hydrogens (primary N) is 1. The van der Waals surface area contributed by atoms with Crippen LogP contribution in [0.1, 0.15) is 17.6 Å². The second-order valence-electron chi connectivity index (χ2n) is 2.36. The fourth-order valence-corrected chi connectivity index (χ4v) is 0.999. The molecular weight excluding hydrogens is 185 g/mol. The van der Waals surface area contributed by atoms with Crippen LogP contribution in [-0.2, 0) is 6.54 Å². The second-order valence-corrected chi connectivity index (χ2v) is 2.36. The first-order valence-corrected chi connectivity index (χ1v) is 3.46. The number of nitrogens with one attached hydrogen (secondary N) is 1. The summed E-state index contributed by atoms with van der Waals surface area (Å²) in [4.78, 5) is 12.9. The minimum atomic E-state index is -3.03. The first-order valence-electron chi connectivity index (χ1n) is 3.46. The number of hydrogen-bond acceptors (Lipinski definition) is 2. The molecule has 0 fully saturated rings. The summed E-state index contributed by atoms with van der Waals surface area (Å²) >= 11 is 0. The Morgan fingerprint density at radius 3 is 2.54 bits per heavy atom. The maximum atomic E-state index is 12.8. The first kappa shape index (κ1) is 9.79. The number of H-pyrrole nitrogens is 1. The highest BCUT2D eigenvalue weighted by Crippen LogP contribution is 2.22. The number of pyridine rings is 1. The van der Waals surface area contributed by atoms with Crippen molar-refractivity contribution in [1.82, 2.24) is 4.98 Å². The molecule has 1 heterocycles. The molecular formula is C7H7F3N2O. The van der Waals surface area contributed by atoms with Crippen molar-refractivity contribution in [2.75, 3.05) is 0 Å². The van der Waals surface area contributed by atoms with Crippen LogP contribution >= 0.6 is 0 Å². The van der Waals surface area contributed by atoms with E-state index in [1.807, 2.05) is 4.98 Å². The van der Waals surface area contributed by atoms with E-state index in [4.69, 9.17) is 5.73 Å². The van der Waals surface area contributed by atoms with Crippen LogP contribution in [0.4, 0.5) is 13.2 Å². The lowest BCUT2D eigenvalue weighted by Crippen LogP contribution is -2.20. The third kappa shape index (κ3) is 1.72. The summed E-state index contributed by atoms with van der Waals surface area (Å²) in [5, 5.41) is 0. The molecule has 0 aromatic carbocycles. The van der Waals surface area contributed by atoms with E-state index < -0.39 is 35.5 Å². The Labute approximate surface area is 71.4 Å². The standard InChI is InChI=1S/C7H7F3N2O/c8-4-2-12-7(13)3(1-11)5(4)6(9)10/h2,6H,1,11H2,(H,12,13). The Hall–Kier alpha value is -1.30. The summed E-state index contributed by atoms with van der Waals surface area (Å²) in [6.45, 7) is -0.410. The summed E-state index contributed by atoms with van der Waals surface area (Å²) in [5.74, 6) is -1.14. The van der Waals surface area contributed by atoms with Gasteiger partial charge in [0.15, 0.2) is 0 Å². The molecule has 0 saturated carbocycles. The maximum Gasteiger partial charge on any atom is 0.267 e. The van der Waals surface area contributed by atoms with Gasteiger partial charge in [-0.25, -0.2) is 13.2 Å². The molecule has 1 aromatic heterocycles. The topological polar surface area (TPSA) is 58.9 Å². The summed E-state index contributed by atoms with van der Waals surface area (Å²) in [6.07, 6.45) is -2.43. The van der Waals surface area contributed by atoms with Crippen LogP contribution in [0.25, 0.3) is 0 Å². The molecule has 3 nitrogen and oxygen atoms in total. The molecule has 0 aliphatic rings. The van der Waals surface area contributed by atoms with E-state index in [0.717, 1.165) is 0 Å². The van der Waals surface area contributed by atoms with E-state index in [0.29, 0.717) is 6.20 Å². The van der Waals surface area contributed by atoms with Crippen molar-refractivity contribution in [3.05, 3.63) is 33.5 Å². The van der Waals surface area contributed by atoms with Gasteiger partial charge in [-0.15, -0.1) is 0 Å². The lowest BCUT2D eigenvalue weighted by molar-refractivity contribution is 0.144. The van der Waals surface area contributed by atoms with Crippen molar-refractivity contribution in [2.24, 2.45) is 5.73 Å². The highest BCUT2D eigenvalue weighted by Gasteiger charge is 2.19. The van der Waals surface area contributed by atoms with Crippen molar-refractivity contribution in [3.8, 4) is 0 Å². The van der Waals surface area contributed by atoms with Gasteiger partial charge in [0.05, 0.1) is 5.56 Å². The third-order valence-corrected chi connectivity index (χ3v) is 1.61. The molecule has 0 unspecified atom stereocenters. The number of alkyl halides is 2. The number of aromatic nitrogens is 1. The SMILES string of the molecule is NCc1c(C(F)F)c(F)c[nH]c1=O. The maximum absolute atomic E-state index is 12.8. The number of aromatic amines is 1. The fourth-order valence-electron chi connectivity index (χ4n) is 0.999. The summed E-state index contributed by atoms with van der Waals surface area (Å²) in [7, 11) is 0. The Bertz CT molecular complexity index is 361. The third-order valence-electron chi connectivity index (χ3n) is 1.61. The van der Waals surface area contributed by atoms with Crippen molar-refractivity contribution >= 4 is 0 Å². The molecule has 0 bridgehead atoms. The van der Waals surface area contributed by atoms with Gasteiger partial charge >= 0.3 is 0 Å². The molecule has 0 radical (unpaired) electrons. The minimum Gasteiger partial charge on any atom is -0.326 e. The van der Waals surface area contributed by atoms with Gasteiger partial charge in [-0.3, -0.25) is 4.79 Å². The largest absolute Gasteiger partial charge is 0.326 e. The average molecular weight is 192 g/mol. The Morgan fingerprint density at radius 1 is 1.54 bits per heavy atom. The van der Waals surface area contributed by atoms with Crippen LogP contribution in [-0.4, -0.2) is 4.98 Å². The molecule has 3 N–H and O–H groups in total. The number of rotatable bonds is 2. The zero-order chi connectivity index (χ0) is 10.0. The predicted octanol–water partition coefficient (Wildman–Crippen LogP) is 0.910. The minimum absolute atomic E-state index is 0.407. The number of hydrogen-bond donors (Lipinski definition) is 2. The van der Waals surface area contributed by atoms with Crippen LogP contribution in [0.3, 0.4) is 0 Å². The summed E-state index contributed by atoms with van der Waals surface area (Å²) in [6, 6.07) is 0. The van der Waals surface area contributed by atoms with E-state index in [1.54, 1.807) is 0 Å². The molecule has 72 valence electrons. The molecule has 0 amide bonds. The van der Waals surface area contributed by atoms with Crippen LogP contribution in [0.5, 0.6) is 0 Å². The van der Waals surface area contributed by atoms with Gasteiger partial charge in [-0.05, 0) is 0 Å². The molecule has 0 atom stereocenters. The smallest absolute Gasteiger partial charge is 0.267 e. The fraction of sp³-hybridized carbons (Fsp3) is 0.286. The molecule has 0 spiro atoms. The van der Waals surface area contributed by atoms with Crippen LogP contribution in [0, 0.1) is 5.82 Å². The van der Waals surface area contributed by atoms with Gasteiger partial charge in [0.2, 0.25) is 0 Å². The summed E-state index contributed by atoms with van der Waals surface area (Å²) in [5.41, 5.74) is 2.94. The zero-order valence-electron chi connectivity index (χ0n) is 6.48. The highest BCUT2D eigenvalue weighted by atomic mass is 19.3. The molecule has 13 heavy (non-hydrogen) atoms. The van der Waals surface area contributed by atoms with Gasteiger partial charge in [0, 0.05) is 18.3 Å². The van der Waals surface area contributed by atoms with Gasteiger partial charge in [0.25, 0.3) is 12.0 Å². The molecule has 1 aromatic rings. The van der Waals surface area contributed by atoms with E-state index in [1.165, 1.54) is 0 Å². The van der Waals surface area contributed by atoms with Crippen molar-refractivity contribution in [3.63, 3.8) is 0 Å². The molecule has 0 aliphatic heterocycles. The lowest BCUT2D eigenvalue weighted by Gasteiger charge is -2.05. The van der Waals surface area contributed by atoms with Crippen molar-refractivity contribution in [2.45, 2.75) is 13.0 Å². The van der Waals surface area contributed by atoms with Crippen LogP contribution in [0.15, 0.2) is 11.0 Å². The molecule has 1 rings (SSSR count). The van der Waals surface area contributed by atoms with Gasteiger partial charge in [0.1, 0.15) is 5.82 Å². The zero-order valence-corrected chi connectivity index (χ0v) is 6.48. The monoisotopic (exact) mass is 192 g/mol. The van der Waals surface area contributed by atoms with Gasteiger partial charge in [-0.1, -0.05) is 0 Å². The summed E-state index contributed by atoms with van der Waals surface area (Å²) < 4.78 is 37.2. The molecule has 0 saturated heterocycles. The second kappa shape index (κ2) is 3.61. The van der Waals surface area contributed by atoms with Crippen molar-refractivity contribution < 1.29 is 13.2 Å². The molecule has 0 aliphatic carbocycles. The molecule has 6 heteroatoms. The van der Waals surface area contributed by atoms with E-state index in [-0.39, 0.29) is 0 Å². The quantitative estimate of drug-likeness (QED) is 0.731. The Kier molecular flexibility index (Phi) is 2.72. The Balaban J connectivity index is 3.44. The predicted molar refractivity (Wildman–Crippen MR) is 39.9 cm³/mol. The van der Waals surface area contributed by atoms with E-state index in [9.17, 15) is 18.0 Å². The average Bonchev–Trinajstić information content (AvgIpc) is 2.07. The van der Waals surface area contributed by atoms with Crippen LogP contribution < -0.4 is 11.3 Å². The normalized spacial score (nSPS) is 10.8. The van der Waals surface area contributed by atoms with Gasteiger partial charge in [-0.2, -0.15) is 0 Å². The van der Waals surface area contributed by atoms with Crippen molar-refractivity contribution in [1.29, 1.82) is 0 Å². The number of halogens is 3. The van der Waals surface area contributed by atoms with Crippen LogP contribution in [0.2, 0.25) is 0 Å². The van der Waals surface area contributed by atoms with E-state index >= 15 is 0 Å². The highest BCUT2D eigenvalue weighted by molar-refractivity contribution is 5.25. The first-order chi connectivity index (χ1) is 6.07.